The molecule has 0 radical (unpaired) electrons. The van der Waals surface area contributed by atoms with Crippen molar-refractivity contribution < 1.29 is 9.90 Å². The number of piperidine rings is 1. The maximum atomic E-state index is 12.5. The Morgan fingerprint density at radius 2 is 2.00 bits per heavy atom. The Labute approximate surface area is 114 Å². The molecule has 2 N–H and O–H groups in total. The van der Waals surface area contributed by atoms with Crippen molar-refractivity contribution in [2.24, 2.45) is 0 Å². The smallest absolute Gasteiger partial charge is 0.255 e. The van der Waals surface area contributed by atoms with E-state index < -0.39 is 5.60 Å². The molecular weight excluding hydrogens is 240 g/mol. The Morgan fingerprint density at radius 3 is 2.63 bits per heavy atom. The number of carbonyl (C=O) groups is 1. The molecule has 1 heterocycles. The van der Waals surface area contributed by atoms with Gasteiger partial charge in [-0.25, -0.2) is 0 Å². The summed E-state index contributed by atoms with van der Waals surface area (Å²) in [4.78, 5) is 14.3. The fourth-order valence-electron chi connectivity index (χ4n) is 2.38. The average molecular weight is 262 g/mol. The van der Waals surface area contributed by atoms with Crippen LogP contribution < -0.4 is 5.32 Å². The van der Waals surface area contributed by atoms with Gasteiger partial charge in [0.2, 0.25) is 0 Å². The van der Waals surface area contributed by atoms with Crippen LogP contribution in [-0.2, 0) is 0 Å². The highest BCUT2D eigenvalue weighted by Gasteiger charge is 2.30. The summed E-state index contributed by atoms with van der Waals surface area (Å²) in [6.45, 7) is 5.87. The number of benzene rings is 1. The van der Waals surface area contributed by atoms with Crippen molar-refractivity contribution in [3.05, 3.63) is 29.8 Å². The number of carbonyl (C=O) groups excluding carboxylic acids is 1. The number of rotatable bonds is 3. The molecule has 19 heavy (non-hydrogen) atoms. The number of nitrogens with zero attached hydrogens (tertiary/aromatic N) is 1. The average Bonchev–Trinajstić information content (AvgIpc) is 2.39. The van der Waals surface area contributed by atoms with Crippen LogP contribution >= 0.6 is 0 Å². The lowest BCUT2D eigenvalue weighted by Gasteiger charge is -2.36. The van der Waals surface area contributed by atoms with Gasteiger partial charge in [0.1, 0.15) is 0 Å². The molecule has 0 unspecified atom stereocenters. The molecule has 104 valence electrons. The van der Waals surface area contributed by atoms with E-state index in [-0.39, 0.29) is 5.91 Å². The second-order valence-electron chi connectivity index (χ2n) is 5.37. The molecule has 4 nitrogen and oxygen atoms in total. The van der Waals surface area contributed by atoms with Gasteiger partial charge in [-0.2, -0.15) is 0 Å². The van der Waals surface area contributed by atoms with Gasteiger partial charge in [-0.05, 0) is 38.8 Å². The standard InChI is InChI=1S/C15H22N2O2/c1-3-16-13-7-5-4-6-12(13)14(18)17-10-8-15(2,19)9-11-17/h4-7,16,19H,3,8-11H2,1-2H3. The molecule has 1 saturated heterocycles. The van der Waals surface area contributed by atoms with Crippen molar-refractivity contribution in [1.82, 2.24) is 4.90 Å². The fourth-order valence-corrected chi connectivity index (χ4v) is 2.38. The molecule has 0 saturated carbocycles. The summed E-state index contributed by atoms with van der Waals surface area (Å²) in [7, 11) is 0. The number of para-hydroxylation sites is 1. The Kier molecular flexibility index (Phi) is 4.10. The zero-order chi connectivity index (χ0) is 13.9. The van der Waals surface area contributed by atoms with E-state index in [1.807, 2.05) is 43.0 Å². The van der Waals surface area contributed by atoms with Crippen LogP contribution in [0.3, 0.4) is 0 Å². The Balaban J connectivity index is 2.12. The molecule has 0 aliphatic carbocycles. The van der Waals surface area contributed by atoms with E-state index in [0.29, 0.717) is 31.5 Å². The maximum Gasteiger partial charge on any atom is 0.255 e. The third kappa shape index (κ3) is 3.26. The summed E-state index contributed by atoms with van der Waals surface area (Å²) in [5.41, 5.74) is 0.969. The van der Waals surface area contributed by atoms with Gasteiger partial charge in [-0.1, -0.05) is 12.1 Å². The Morgan fingerprint density at radius 1 is 1.37 bits per heavy atom. The summed E-state index contributed by atoms with van der Waals surface area (Å²) in [6.07, 6.45) is 1.28. The van der Waals surface area contributed by atoms with Gasteiger partial charge < -0.3 is 15.3 Å². The zero-order valence-electron chi connectivity index (χ0n) is 11.6. The molecule has 1 aliphatic heterocycles. The number of aliphatic hydroxyl groups is 1. The second-order valence-corrected chi connectivity index (χ2v) is 5.37. The predicted molar refractivity (Wildman–Crippen MR) is 76.4 cm³/mol. The first-order valence-corrected chi connectivity index (χ1v) is 6.88. The molecule has 2 rings (SSSR count). The first-order valence-electron chi connectivity index (χ1n) is 6.88. The third-order valence-corrected chi connectivity index (χ3v) is 3.65. The van der Waals surface area contributed by atoms with Crippen LogP contribution in [0, 0.1) is 0 Å². The topological polar surface area (TPSA) is 52.6 Å². The van der Waals surface area contributed by atoms with Crippen LogP contribution in [0.1, 0.15) is 37.0 Å². The quantitative estimate of drug-likeness (QED) is 0.877. The van der Waals surface area contributed by atoms with Crippen LogP contribution in [0.2, 0.25) is 0 Å². The van der Waals surface area contributed by atoms with Crippen molar-refractivity contribution in [2.75, 3.05) is 25.0 Å². The van der Waals surface area contributed by atoms with Crippen LogP contribution in [0.4, 0.5) is 5.69 Å². The van der Waals surface area contributed by atoms with Crippen LogP contribution in [-0.4, -0.2) is 41.1 Å². The van der Waals surface area contributed by atoms with Gasteiger partial charge in [-0.15, -0.1) is 0 Å². The summed E-state index contributed by atoms with van der Waals surface area (Å²) in [5.74, 6) is 0.0482. The molecule has 1 aromatic rings. The molecule has 1 amide bonds. The van der Waals surface area contributed by atoms with E-state index >= 15 is 0 Å². The molecule has 1 fully saturated rings. The van der Waals surface area contributed by atoms with Gasteiger partial charge in [0.25, 0.3) is 5.91 Å². The van der Waals surface area contributed by atoms with Crippen molar-refractivity contribution in [3.8, 4) is 0 Å². The molecule has 4 heteroatoms. The number of hydrogen-bond acceptors (Lipinski definition) is 3. The van der Waals surface area contributed by atoms with Crippen LogP contribution in [0.25, 0.3) is 0 Å². The summed E-state index contributed by atoms with van der Waals surface area (Å²) in [5, 5.41) is 13.1. The Hall–Kier alpha value is -1.55. The first kappa shape index (κ1) is 13.9. The molecule has 0 atom stereocenters. The van der Waals surface area contributed by atoms with Gasteiger partial charge in [0, 0.05) is 25.3 Å². The molecule has 1 aliphatic rings. The van der Waals surface area contributed by atoms with E-state index in [4.69, 9.17) is 0 Å². The number of hydrogen-bond donors (Lipinski definition) is 2. The highest BCUT2D eigenvalue weighted by atomic mass is 16.3. The van der Waals surface area contributed by atoms with Crippen LogP contribution in [0.15, 0.2) is 24.3 Å². The van der Waals surface area contributed by atoms with Crippen LogP contribution in [0.5, 0.6) is 0 Å². The third-order valence-electron chi connectivity index (χ3n) is 3.65. The predicted octanol–water partition coefficient (Wildman–Crippen LogP) is 2.11. The van der Waals surface area contributed by atoms with E-state index in [2.05, 4.69) is 5.32 Å². The van der Waals surface area contributed by atoms with Crippen molar-refractivity contribution in [2.45, 2.75) is 32.3 Å². The lowest BCUT2D eigenvalue weighted by molar-refractivity contribution is -0.00199. The summed E-state index contributed by atoms with van der Waals surface area (Å²) >= 11 is 0. The van der Waals surface area contributed by atoms with Gasteiger partial charge in [0.05, 0.1) is 11.2 Å². The van der Waals surface area contributed by atoms with Gasteiger partial charge in [0.15, 0.2) is 0 Å². The monoisotopic (exact) mass is 262 g/mol. The normalized spacial score (nSPS) is 18.2. The van der Waals surface area contributed by atoms with E-state index in [9.17, 15) is 9.90 Å². The zero-order valence-corrected chi connectivity index (χ0v) is 11.6. The molecular formula is C15H22N2O2. The van der Waals surface area contributed by atoms with Crippen molar-refractivity contribution in [3.63, 3.8) is 0 Å². The minimum Gasteiger partial charge on any atom is -0.390 e. The number of amides is 1. The van der Waals surface area contributed by atoms with Gasteiger partial charge >= 0.3 is 0 Å². The number of nitrogens with one attached hydrogen (secondary N) is 1. The first-order chi connectivity index (χ1) is 9.03. The molecule has 1 aromatic carbocycles. The highest BCUT2D eigenvalue weighted by molar-refractivity contribution is 5.99. The van der Waals surface area contributed by atoms with Crippen molar-refractivity contribution in [1.29, 1.82) is 0 Å². The fraction of sp³-hybridized carbons (Fsp3) is 0.533. The molecule has 0 spiro atoms. The minimum atomic E-state index is -0.627. The number of anilines is 1. The van der Waals surface area contributed by atoms with E-state index in [1.165, 1.54) is 0 Å². The van der Waals surface area contributed by atoms with Gasteiger partial charge in [-0.3, -0.25) is 4.79 Å². The second kappa shape index (κ2) is 5.61. The SMILES string of the molecule is CCNc1ccccc1C(=O)N1CCC(C)(O)CC1. The van der Waals surface area contributed by atoms with E-state index in [1.54, 1.807) is 0 Å². The summed E-state index contributed by atoms with van der Waals surface area (Å²) in [6, 6.07) is 7.59. The Bertz CT molecular complexity index is 447. The highest BCUT2D eigenvalue weighted by Crippen LogP contribution is 2.24. The maximum absolute atomic E-state index is 12.5. The minimum absolute atomic E-state index is 0.0482. The van der Waals surface area contributed by atoms with Crippen molar-refractivity contribution >= 4 is 11.6 Å². The lowest BCUT2D eigenvalue weighted by atomic mass is 9.93. The number of likely N-dealkylation sites (tertiary alicyclic amines) is 1. The lowest BCUT2D eigenvalue weighted by Crippen LogP contribution is -2.45. The summed E-state index contributed by atoms with van der Waals surface area (Å²) < 4.78 is 0. The largest absolute Gasteiger partial charge is 0.390 e. The molecule has 0 bridgehead atoms. The molecule has 0 aromatic heterocycles. The van der Waals surface area contributed by atoms with E-state index in [0.717, 1.165) is 12.2 Å².